The van der Waals surface area contributed by atoms with Gasteiger partial charge >= 0.3 is 6.09 Å². The van der Waals surface area contributed by atoms with E-state index in [0.717, 1.165) is 39.4 Å². The second-order valence-electron chi connectivity index (χ2n) is 9.25. The molecule has 4 aromatic rings. The lowest BCUT2D eigenvalue weighted by atomic mass is 10.0. The molecule has 44 heavy (non-hydrogen) atoms. The zero-order chi connectivity index (χ0) is 31.9. The first-order valence-corrected chi connectivity index (χ1v) is 14.5. The number of nitrogens with one attached hydrogen (secondary N) is 1. The molecule has 0 atom stereocenters. The number of oxime groups is 2. The summed E-state index contributed by atoms with van der Waals surface area (Å²) in [6, 6.07) is 20.3. The molecule has 0 spiro atoms. The van der Waals surface area contributed by atoms with E-state index in [4.69, 9.17) is 44.5 Å². The van der Waals surface area contributed by atoms with E-state index in [2.05, 4.69) is 30.3 Å². The highest BCUT2D eigenvalue weighted by Crippen LogP contribution is 2.23. The van der Waals surface area contributed by atoms with Crippen LogP contribution in [0.4, 0.5) is 4.79 Å². The van der Waals surface area contributed by atoms with Crippen LogP contribution in [0, 0.1) is 6.92 Å². The Hall–Kier alpha value is -4.18. The average molecular weight is 657 g/mol. The largest absolute Gasteiger partial charge is 0.453 e. The van der Waals surface area contributed by atoms with Crippen LogP contribution in [-0.2, 0) is 34.0 Å². The monoisotopic (exact) mass is 655 g/mol. The number of rotatable bonds is 10. The van der Waals surface area contributed by atoms with Crippen LogP contribution < -0.4 is 5.32 Å². The molecule has 9 nitrogen and oxygen atoms in total. The third kappa shape index (κ3) is 11.1. The van der Waals surface area contributed by atoms with Gasteiger partial charge in [0.15, 0.2) is 6.61 Å². The molecule has 230 valence electrons. The fourth-order valence-corrected chi connectivity index (χ4v) is 4.51. The van der Waals surface area contributed by atoms with Crippen molar-refractivity contribution < 1.29 is 19.2 Å². The molecule has 0 fully saturated rings. The Morgan fingerprint density at radius 3 is 2.45 bits per heavy atom. The van der Waals surface area contributed by atoms with Gasteiger partial charge in [-0.05, 0) is 73.0 Å². The topological polar surface area (TPSA) is 107 Å². The van der Waals surface area contributed by atoms with E-state index in [1.807, 2.05) is 62.4 Å². The number of aryl methyl sites for hydroxylation is 1. The van der Waals surface area contributed by atoms with Crippen LogP contribution in [0.5, 0.6) is 0 Å². The minimum absolute atomic E-state index is 0.265. The average Bonchev–Trinajstić information content (AvgIpc) is 3.01. The van der Waals surface area contributed by atoms with Crippen molar-refractivity contribution in [2.45, 2.75) is 33.4 Å². The first kappa shape index (κ1) is 34.3. The van der Waals surface area contributed by atoms with Crippen molar-refractivity contribution in [1.29, 1.82) is 0 Å². The number of hydrogen-bond donors (Lipinski definition) is 1. The van der Waals surface area contributed by atoms with Crippen LogP contribution in [0.2, 0.25) is 15.1 Å². The summed E-state index contributed by atoms with van der Waals surface area (Å²) in [6.45, 7) is 4.32. The number of amides is 1. The number of nitrogens with zero attached hydrogens (tertiary/aromatic N) is 4. The molecule has 2 aromatic heterocycles. The van der Waals surface area contributed by atoms with E-state index in [0.29, 0.717) is 33.8 Å². The smallest absolute Gasteiger partial charge is 0.407 e. The van der Waals surface area contributed by atoms with Gasteiger partial charge in [-0.25, -0.2) is 4.79 Å². The van der Waals surface area contributed by atoms with Gasteiger partial charge in [0.25, 0.3) is 0 Å². The third-order valence-electron chi connectivity index (χ3n) is 5.97. The Labute approximate surface area is 271 Å². The number of carbonyl (C=O) groups is 1. The molecule has 0 saturated carbocycles. The van der Waals surface area contributed by atoms with Crippen molar-refractivity contribution in [1.82, 2.24) is 15.3 Å². The molecule has 4 rings (SSSR count). The van der Waals surface area contributed by atoms with Gasteiger partial charge in [-0.3, -0.25) is 9.97 Å². The molecular formula is C32H32Cl3N5O4. The van der Waals surface area contributed by atoms with E-state index in [9.17, 15) is 4.79 Å². The summed E-state index contributed by atoms with van der Waals surface area (Å²) in [6.07, 6.45) is 3.59. The number of halogens is 3. The molecule has 0 aliphatic rings. The lowest BCUT2D eigenvalue weighted by molar-refractivity contribution is 0.127. The summed E-state index contributed by atoms with van der Waals surface area (Å²) < 4.78 is 4.55. The Bertz CT molecular complexity index is 1600. The standard InChI is InChI=1S/C18H20ClN3O3.C14H12Cl2N2O/c1-12-5-4-6-16(21-12)11-25-22-13(2)14-7-8-17(19)15(9-14)10-20-18(23)24-3;1-19-18-14(7-10-3-2-6-17-9-10)12-5-4-11(15)8-13(12)16/h4-9H,10-11H2,1-3H3,(H,20,23);2-6,8-9H,7H2,1H3/b22-13+;. The molecule has 0 bridgehead atoms. The molecule has 1 amide bonds. The number of hydrogen-bond acceptors (Lipinski definition) is 8. The summed E-state index contributed by atoms with van der Waals surface area (Å²) in [5.74, 6) is 0. The summed E-state index contributed by atoms with van der Waals surface area (Å²) >= 11 is 18.2. The lowest BCUT2D eigenvalue weighted by Crippen LogP contribution is -2.22. The van der Waals surface area contributed by atoms with Gasteiger partial charge < -0.3 is 19.7 Å². The zero-order valence-corrected chi connectivity index (χ0v) is 27.0. The molecule has 0 aliphatic heterocycles. The van der Waals surface area contributed by atoms with Crippen molar-refractivity contribution in [3.63, 3.8) is 0 Å². The molecule has 0 aliphatic carbocycles. The van der Waals surface area contributed by atoms with Crippen LogP contribution in [0.1, 0.15) is 40.6 Å². The number of alkyl carbamates (subject to hydrolysis) is 1. The van der Waals surface area contributed by atoms with Gasteiger partial charge in [0.2, 0.25) is 0 Å². The van der Waals surface area contributed by atoms with Crippen LogP contribution in [-0.4, -0.2) is 41.7 Å². The van der Waals surface area contributed by atoms with Crippen LogP contribution in [0.15, 0.2) is 89.4 Å². The van der Waals surface area contributed by atoms with Gasteiger partial charge in [0.05, 0.1) is 29.2 Å². The Balaban J connectivity index is 0.000000249. The highest BCUT2D eigenvalue weighted by molar-refractivity contribution is 6.37. The minimum atomic E-state index is -0.513. The van der Waals surface area contributed by atoms with Gasteiger partial charge in [0.1, 0.15) is 7.11 Å². The van der Waals surface area contributed by atoms with E-state index in [1.54, 1.807) is 30.6 Å². The first-order chi connectivity index (χ1) is 21.2. The maximum atomic E-state index is 11.2. The van der Waals surface area contributed by atoms with E-state index < -0.39 is 6.09 Å². The first-order valence-electron chi connectivity index (χ1n) is 13.3. The summed E-state index contributed by atoms with van der Waals surface area (Å²) in [4.78, 5) is 29.9. The normalized spacial score (nSPS) is 11.2. The molecular weight excluding hydrogens is 625 g/mol. The summed E-state index contributed by atoms with van der Waals surface area (Å²) in [5, 5.41) is 12.5. The molecule has 2 heterocycles. The van der Waals surface area contributed by atoms with Crippen LogP contribution in [0.25, 0.3) is 0 Å². The zero-order valence-electron chi connectivity index (χ0n) is 24.7. The third-order valence-corrected chi connectivity index (χ3v) is 6.89. The number of methoxy groups -OCH3 is 1. The summed E-state index contributed by atoms with van der Waals surface area (Å²) in [5.41, 5.74) is 6.63. The van der Waals surface area contributed by atoms with Crippen molar-refractivity contribution in [3.8, 4) is 0 Å². The number of pyridine rings is 2. The maximum Gasteiger partial charge on any atom is 0.407 e. The minimum Gasteiger partial charge on any atom is -0.453 e. The van der Waals surface area contributed by atoms with Crippen LogP contribution >= 0.6 is 34.8 Å². The lowest BCUT2D eigenvalue weighted by Gasteiger charge is -2.09. The highest BCUT2D eigenvalue weighted by Gasteiger charge is 2.11. The van der Waals surface area contributed by atoms with E-state index in [1.165, 1.54) is 14.2 Å². The molecule has 2 aromatic carbocycles. The number of benzene rings is 2. The molecule has 1 N–H and O–H groups in total. The SMILES string of the molecule is COC(=O)NCc1cc(/C(C)=N/OCc2cccc(C)n2)ccc1Cl.CON=C(Cc1cccnc1)c1ccc(Cl)cc1Cl. The second-order valence-corrected chi connectivity index (χ2v) is 10.5. The van der Waals surface area contributed by atoms with Crippen molar-refractivity contribution in [3.05, 3.63) is 128 Å². The van der Waals surface area contributed by atoms with E-state index >= 15 is 0 Å². The van der Waals surface area contributed by atoms with Gasteiger partial charge in [0, 0.05) is 46.7 Å². The highest BCUT2D eigenvalue weighted by atomic mass is 35.5. The Morgan fingerprint density at radius 2 is 1.77 bits per heavy atom. The van der Waals surface area contributed by atoms with Crippen molar-refractivity contribution in [2.24, 2.45) is 10.3 Å². The predicted octanol–water partition coefficient (Wildman–Crippen LogP) is 7.82. The molecule has 0 saturated heterocycles. The predicted molar refractivity (Wildman–Crippen MR) is 175 cm³/mol. The number of ether oxygens (including phenoxy) is 1. The van der Waals surface area contributed by atoms with Crippen molar-refractivity contribution in [2.75, 3.05) is 14.2 Å². The fraction of sp³-hybridized carbons (Fsp3) is 0.219. The van der Waals surface area contributed by atoms with Gasteiger partial charge in [-0.15, -0.1) is 0 Å². The van der Waals surface area contributed by atoms with Gasteiger partial charge in [-0.1, -0.05) is 69.4 Å². The van der Waals surface area contributed by atoms with Gasteiger partial charge in [-0.2, -0.15) is 0 Å². The Kier molecular flexibility index (Phi) is 13.9. The number of aromatic nitrogens is 2. The fourth-order valence-electron chi connectivity index (χ4n) is 3.81. The van der Waals surface area contributed by atoms with Crippen molar-refractivity contribution >= 4 is 52.3 Å². The van der Waals surface area contributed by atoms with Crippen LogP contribution in [0.3, 0.4) is 0 Å². The molecule has 0 radical (unpaired) electrons. The number of carbonyl (C=O) groups excluding carboxylic acids is 1. The molecule has 12 heteroatoms. The maximum absolute atomic E-state index is 11.2. The van der Waals surface area contributed by atoms with E-state index in [-0.39, 0.29) is 6.54 Å². The molecule has 0 unspecified atom stereocenters. The second kappa shape index (κ2) is 17.8. The quantitative estimate of drug-likeness (QED) is 0.138. The summed E-state index contributed by atoms with van der Waals surface area (Å²) in [7, 11) is 2.82. The Morgan fingerprint density at radius 1 is 0.955 bits per heavy atom.